The van der Waals surface area contributed by atoms with E-state index < -0.39 is 6.04 Å². The van der Waals surface area contributed by atoms with Gasteiger partial charge < -0.3 is 14.1 Å². The Morgan fingerprint density at radius 1 is 0.973 bits per heavy atom. The molecule has 1 aliphatic heterocycles. The quantitative estimate of drug-likeness (QED) is 0.230. The molecule has 1 aromatic heterocycles. The number of ether oxygens (including phenoxy) is 1. The summed E-state index contributed by atoms with van der Waals surface area (Å²) < 4.78 is 12.0. The van der Waals surface area contributed by atoms with Crippen molar-refractivity contribution in [2.45, 2.75) is 52.6 Å². The number of nitrogens with zero attached hydrogens (tertiary/aromatic N) is 1. The van der Waals surface area contributed by atoms with Crippen molar-refractivity contribution in [3.05, 3.63) is 109 Å². The maximum atomic E-state index is 13.8. The Hall–Kier alpha value is -3.57. The van der Waals surface area contributed by atoms with E-state index in [-0.39, 0.29) is 17.1 Å². The predicted molar refractivity (Wildman–Crippen MR) is 147 cm³/mol. The minimum absolute atomic E-state index is 0.0937. The fourth-order valence-electron chi connectivity index (χ4n) is 4.83. The molecule has 5 rings (SSSR count). The lowest BCUT2D eigenvalue weighted by Crippen LogP contribution is -2.29. The summed E-state index contributed by atoms with van der Waals surface area (Å²) >= 11 is 6.35. The third-order valence-electron chi connectivity index (χ3n) is 6.93. The van der Waals surface area contributed by atoms with Crippen LogP contribution in [-0.4, -0.2) is 17.4 Å². The molecule has 0 spiro atoms. The van der Waals surface area contributed by atoms with E-state index in [4.69, 9.17) is 20.8 Å². The normalized spacial score (nSPS) is 14.9. The fourth-order valence-corrected chi connectivity index (χ4v) is 4.99. The minimum atomic E-state index is -0.585. The van der Waals surface area contributed by atoms with Gasteiger partial charge in [0.1, 0.15) is 11.3 Å². The van der Waals surface area contributed by atoms with Crippen LogP contribution in [0.25, 0.3) is 11.0 Å². The van der Waals surface area contributed by atoms with Crippen LogP contribution in [0.5, 0.6) is 5.75 Å². The van der Waals surface area contributed by atoms with Gasteiger partial charge in [-0.2, -0.15) is 0 Å². The van der Waals surface area contributed by atoms with Crippen molar-refractivity contribution in [1.82, 2.24) is 4.90 Å². The summed E-state index contributed by atoms with van der Waals surface area (Å²) in [6.45, 7) is 7.03. The number of rotatable bonds is 8. The van der Waals surface area contributed by atoms with E-state index in [1.165, 1.54) is 0 Å². The zero-order chi connectivity index (χ0) is 26.1. The van der Waals surface area contributed by atoms with Gasteiger partial charge in [-0.25, -0.2) is 0 Å². The second-order valence-corrected chi connectivity index (χ2v) is 10.1. The summed E-state index contributed by atoms with van der Waals surface area (Å²) in [7, 11) is 0. The Labute approximate surface area is 221 Å². The molecule has 4 aromatic rings. The average molecular weight is 516 g/mol. The molecule has 1 unspecified atom stereocenters. The van der Waals surface area contributed by atoms with E-state index in [1.807, 2.05) is 62.4 Å². The summed E-state index contributed by atoms with van der Waals surface area (Å²) in [4.78, 5) is 29.2. The molecule has 0 N–H and O–H groups in total. The zero-order valence-corrected chi connectivity index (χ0v) is 22.1. The average Bonchev–Trinajstić information content (AvgIpc) is 3.16. The first-order valence-corrected chi connectivity index (χ1v) is 13.1. The summed E-state index contributed by atoms with van der Waals surface area (Å²) in [6.07, 6.45) is 3.26. The van der Waals surface area contributed by atoms with Gasteiger partial charge in [-0.1, -0.05) is 73.3 Å². The van der Waals surface area contributed by atoms with Gasteiger partial charge in [-0.05, 0) is 61.2 Å². The number of hydrogen-bond acceptors (Lipinski definition) is 4. The SMILES string of the molecule is CCCCCOc1ccc(C2c3c(oc4cc(C)c(Cl)cc4c3=O)C(=O)N2Cc2ccc(C)cc2)cc1. The standard InChI is InChI=1S/C31H30ClNO4/c1-4-5-6-15-36-23-13-11-22(12-14-23)28-27-29(34)24-17-25(32)20(3)16-26(24)37-30(27)31(35)33(28)18-21-9-7-19(2)8-10-21/h7-14,16-17,28H,4-6,15,18H2,1-3H3. The highest BCUT2D eigenvalue weighted by Crippen LogP contribution is 2.40. The lowest BCUT2D eigenvalue weighted by molar-refractivity contribution is 0.0714. The van der Waals surface area contributed by atoms with E-state index in [0.29, 0.717) is 34.7 Å². The van der Waals surface area contributed by atoms with Crippen LogP contribution in [0.1, 0.15) is 70.6 Å². The molecule has 0 radical (unpaired) electrons. The molecule has 6 heteroatoms. The molecular weight excluding hydrogens is 486 g/mol. The number of carbonyl (C=O) groups excluding carboxylic acids is 1. The van der Waals surface area contributed by atoms with Gasteiger partial charge in [0.05, 0.1) is 23.6 Å². The van der Waals surface area contributed by atoms with Crippen LogP contribution >= 0.6 is 11.6 Å². The number of hydrogen-bond donors (Lipinski definition) is 0. The van der Waals surface area contributed by atoms with Crippen LogP contribution in [0.2, 0.25) is 5.02 Å². The Morgan fingerprint density at radius 2 is 1.70 bits per heavy atom. The van der Waals surface area contributed by atoms with E-state index in [2.05, 4.69) is 6.92 Å². The molecule has 37 heavy (non-hydrogen) atoms. The van der Waals surface area contributed by atoms with Crippen LogP contribution in [0.3, 0.4) is 0 Å². The number of benzene rings is 3. The maximum Gasteiger partial charge on any atom is 0.291 e. The Balaban J connectivity index is 1.58. The molecule has 0 saturated carbocycles. The number of carbonyl (C=O) groups is 1. The van der Waals surface area contributed by atoms with E-state index >= 15 is 0 Å². The molecule has 190 valence electrons. The molecule has 0 fully saturated rings. The van der Waals surface area contributed by atoms with E-state index in [1.54, 1.807) is 17.0 Å². The molecule has 0 bridgehead atoms. The third kappa shape index (κ3) is 4.88. The number of halogens is 1. The number of amides is 1. The lowest BCUT2D eigenvalue weighted by Gasteiger charge is -2.25. The molecule has 0 saturated heterocycles. The predicted octanol–water partition coefficient (Wildman–Crippen LogP) is 7.38. The van der Waals surface area contributed by atoms with Crippen molar-refractivity contribution < 1.29 is 13.9 Å². The van der Waals surface area contributed by atoms with Crippen molar-refractivity contribution in [2.75, 3.05) is 6.61 Å². The molecule has 1 amide bonds. The van der Waals surface area contributed by atoms with Crippen molar-refractivity contribution in [3.8, 4) is 5.75 Å². The van der Waals surface area contributed by atoms with E-state index in [9.17, 15) is 9.59 Å². The van der Waals surface area contributed by atoms with Gasteiger partial charge in [0.25, 0.3) is 5.91 Å². The van der Waals surface area contributed by atoms with Crippen LogP contribution in [0.4, 0.5) is 0 Å². The Kier molecular flexibility index (Phi) is 7.07. The zero-order valence-electron chi connectivity index (χ0n) is 21.3. The molecule has 0 aliphatic carbocycles. The van der Waals surface area contributed by atoms with Crippen molar-refractivity contribution >= 4 is 28.5 Å². The first-order valence-electron chi connectivity index (χ1n) is 12.7. The van der Waals surface area contributed by atoms with Crippen LogP contribution in [0.15, 0.2) is 69.9 Å². The van der Waals surface area contributed by atoms with Crippen LogP contribution < -0.4 is 10.2 Å². The van der Waals surface area contributed by atoms with Gasteiger partial charge in [-0.15, -0.1) is 0 Å². The van der Waals surface area contributed by atoms with Crippen molar-refractivity contribution in [2.24, 2.45) is 0 Å². The first kappa shape index (κ1) is 25.1. The highest BCUT2D eigenvalue weighted by Gasteiger charge is 2.42. The van der Waals surface area contributed by atoms with Gasteiger partial charge in [0.2, 0.25) is 5.76 Å². The molecule has 5 nitrogen and oxygen atoms in total. The second-order valence-electron chi connectivity index (χ2n) is 9.72. The van der Waals surface area contributed by atoms with Crippen LogP contribution in [-0.2, 0) is 6.54 Å². The Morgan fingerprint density at radius 3 is 2.41 bits per heavy atom. The maximum absolute atomic E-state index is 13.8. The van der Waals surface area contributed by atoms with Crippen molar-refractivity contribution in [3.63, 3.8) is 0 Å². The minimum Gasteiger partial charge on any atom is -0.494 e. The summed E-state index contributed by atoms with van der Waals surface area (Å²) in [5, 5.41) is 0.863. The highest BCUT2D eigenvalue weighted by molar-refractivity contribution is 6.32. The third-order valence-corrected chi connectivity index (χ3v) is 7.34. The molecule has 2 heterocycles. The first-order chi connectivity index (χ1) is 17.9. The topological polar surface area (TPSA) is 59.8 Å². The fraction of sp³-hybridized carbons (Fsp3) is 0.290. The second kappa shape index (κ2) is 10.4. The monoisotopic (exact) mass is 515 g/mol. The van der Waals surface area contributed by atoms with Gasteiger partial charge in [-0.3, -0.25) is 9.59 Å². The summed E-state index contributed by atoms with van der Waals surface area (Å²) in [5.74, 6) is 0.561. The number of aryl methyl sites for hydroxylation is 2. The smallest absolute Gasteiger partial charge is 0.291 e. The summed E-state index contributed by atoms with van der Waals surface area (Å²) in [6, 6.07) is 18.5. The highest BCUT2D eigenvalue weighted by atomic mass is 35.5. The number of fused-ring (bicyclic) bond motifs is 2. The van der Waals surface area contributed by atoms with Crippen LogP contribution in [0, 0.1) is 13.8 Å². The molecule has 1 atom stereocenters. The van der Waals surface area contributed by atoms with Gasteiger partial charge in [0, 0.05) is 11.6 Å². The van der Waals surface area contributed by atoms with Gasteiger partial charge >= 0.3 is 0 Å². The molecular formula is C31H30ClNO4. The lowest BCUT2D eigenvalue weighted by atomic mass is 9.98. The number of unbranched alkanes of at least 4 members (excludes halogenated alkanes) is 2. The Bertz CT molecular complexity index is 1510. The van der Waals surface area contributed by atoms with E-state index in [0.717, 1.165) is 47.3 Å². The summed E-state index contributed by atoms with van der Waals surface area (Å²) in [5.41, 5.74) is 4.20. The van der Waals surface area contributed by atoms with Gasteiger partial charge in [0.15, 0.2) is 5.43 Å². The largest absolute Gasteiger partial charge is 0.494 e. The molecule has 1 aliphatic rings. The molecule has 3 aromatic carbocycles. The van der Waals surface area contributed by atoms with Crippen molar-refractivity contribution in [1.29, 1.82) is 0 Å².